The number of aromatic hydroxyl groups is 1. The van der Waals surface area contributed by atoms with Gasteiger partial charge in [0.05, 0.1) is 32.7 Å². The van der Waals surface area contributed by atoms with Crippen molar-refractivity contribution in [2.24, 2.45) is 5.92 Å². The van der Waals surface area contributed by atoms with E-state index in [0.717, 1.165) is 6.07 Å². The van der Waals surface area contributed by atoms with Gasteiger partial charge < -0.3 is 28.8 Å². The van der Waals surface area contributed by atoms with Crippen LogP contribution >= 0.6 is 0 Å². The molecule has 1 aromatic carbocycles. The number of methoxy groups -OCH3 is 1. The number of aliphatic hydroxyl groups excluding tert-OH is 1. The fourth-order valence-corrected chi connectivity index (χ4v) is 2.89. The van der Waals surface area contributed by atoms with Crippen LogP contribution in [-0.4, -0.2) is 36.5 Å². The minimum absolute atomic E-state index is 0.0227. The highest BCUT2D eigenvalue weighted by Crippen LogP contribution is 2.38. The quantitative estimate of drug-likeness (QED) is 0.564. The maximum Gasteiger partial charge on any atom is 0.306 e. The lowest BCUT2D eigenvalue weighted by molar-refractivity contribution is -0.143. The van der Waals surface area contributed by atoms with Crippen LogP contribution in [0.15, 0.2) is 33.5 Å². The van der Waals surface area contributed by atoms with Crippen molar-refractivity contribution >= 4 is 5.97 Å². The van der Waals surface area contributed by atoms with E-state index in [-0.39, 0.29) is 24.5 Å². The number of hydrogen-bond donors (Lipinski definition) is 2. The first kappa shape index (κ1) is 23.3. The van der Waals surface area contributed by atoms with Crippen molar-refractivity contribution in [1.82, 2.24) is 0 Å². The van der Waals surface area contributed by atoms with E-state index in [1.54, 1.807) is 25.1 Å². The van der Waals surface area contributed by atoms with E-state index in [1.165, 1.54) is 7.11 Å². The summed E-state index contributed by atoms with van der Waals surface area (Å²) in [7, 11) is 1.49. The van der Waals surface area contributed by atoms with Gasteiger partial charge in [-0.3, -0.25) is 9.59 Å². The molecule has 0 saturated carbocycles. The van der Waals surface area contributed by atoms with Crippen molar-refractivity contribution in [2.75, 3.05) is 20.3 Å². The molecule has 0 fully saturated rings. The molecule has 0 unspecified atom stereocenters. The Kier molecular flexibility index (Phi) is 8.29. The predicted octanol–water partition coefficient (Wildman–Crippen LogP) is 2.97. The molecule has 164 valence electrons. The molecule has 1 atom stereocenters. The maximum absolute atomic E-state index is 12.2. The summed E-state index contributed by atoms with van der Waals surface area (Å²) in [6, 6.07) is 6.06. The van der Waals surface area contributed by atoms with Crippen molar-refractivity contribution in [3.8, 4) is 17.2 Å². The molecule has 8 nitrogen and oxygen atoms in total. The first-order valence-corrected chi connectivity index (χ1v) is 9.73. The summed E-state index contributed by atoms with van der Waals surface area (Å²) in [6.45, 7) is 5.88. The normalized spacial score (nSPS) is 11.9. The zero-order valence-electron chi connectivity index (χ0n) is 17.6. The number of carbonyl (C=O) groups is 1. The highest BCUT2D eigenvalue weighted by Gasteiger charge is 2.27. The van der Waals surface area contributed by atoms with Crippen molar-refractivity contribution in [2.45, 2.75) is 39.7 Å². The van der Waals surface area contributed by atoms with Gasteiger partial charge in [-0.25, -0.2) is 0 Å². The van der Waals surface area contributed by atoms with Crippen molar-refractivity contribution < 1.29 is 33.6 Å². The SMILES string of the molecule is CCOC(=O)C[C@@H](c1ccc(OCC(C)C)c(OC)c1)c1oc(CO)cc(=O)c1O. The molecule has 2 aromatic rings. The lowest BCUT2D eigenvalue weighted by Gasteiger charge is -2.19. The molecule has 0 bridgehead atoms. The van der Waals surface area contributed by atoms with Gasteiger partial charge in [0, 0.05) is 6.07 Å². The van der Waals surface area contributed by atoms with Gasteiger partial charge in [-0.2, -0.15) is 0 Å². The fraction of sp³-hybridized carbons (Fsp3) is 0.455. The molecule has 0 spiro atoms. The van der Waals surface area contributed by atoms with Gasteiger partial charge in [-0.05, 0) is 30.5 Å². The lowest BCUT2D eigenvalue weighted by atomic mass is 9.91. The zero-order chi connectivity index (χ0) is 22.3. The average Bonchev–Trinajstić information content (AvgIpc) is 2.72. The van der Waals surface area contributed by atoms with Crippen LogP contribution in [0.5, 0.6) is 17.2 Å². The molecule has 0 radical (unpaired) electrons. The molecular formula is C22H28O8. The van der Waals surface area contributed by atoms with Gasteiger partial charge >= 0.3 is 5.97 Å². The first-order valence-electron chi connectivity index (χ1n) is 9.73. The number of esters is 1. The molecule has 1 aromatic heterocycles. The summed E-state index contributed by atoms with van der Waals surface area (Å²) in [5.41, 5.74) is -0.164. The van der Waals surface area contributed by atoms with E-state index < -0.39 is 29.7 Å². The molecule has 0 aliphatic rings. The second kappa shape index (κ2) is 10.7. The van der Waals surface area contributed by atoms with Crippen LogP contribution in [0.3, 0.4) is 0 Å². The first-order chi connectivity index (χ1) is 14.3. The molecule has 0 saturated heterocycles. The lowest BCUT2D eigenvalue weighted by Crippen LogP contribution is -2.15. The van der Waals surface area contributed by atoms with Crippen molar-refractivity contribution in [1.29, 1.82) is 0 Å². The number of hydrogen-bond acceptors (Lipinski definition) is 8. The van der Waals surface area contributed by atoms with Crippen molar-refractivity contribution in [3.63, 3.8) is 0 Å². The monoisotopic (exact) mass is 420 g/mol. The molecule has 2 rings (SSSR count). The summed E-state index contributed by atoms with van der Waals surface area (Å²) >= 11 is 0. The van der Waals surface area contributed by atoms with E-state index in [2.05, 4.69) is 0 Å². The van der Waals surface area contributed by atoms with Gasteiger partial charge in [0.1, 0.15) is 12.4 Å². The van der Waals surface area contributed by atoms with Crippen LogP contribution in [0.25, 0.3) is 0 Å². The van der Waals surface area contributed by atoms with Crippen LogP contribution in [-0.2, 0) is 16.1 Å². The Hall–Kier alpha value is -3.00. The van der Waals surface area contributed by atoms with Crippen molar-refractivity contribution in [3.05, 3.63) is 51.6 Å². The topological polar surface area (TPSA) is 115 Å². The van der Waals surface area contributed by atoms with E-state index in [0.29, 0.717) is 29.6 Å². The largest absolute Gasteiger partial charge is 0.502 e. The van der Waals surface area contributed by atoms with Gasteiger partial charge in [0.15, 0.2) is 17.3 Å². The highest BCUT2D eigenvalue weighted by atomic mass is 16.5. The van der Waals surface area contributed by atoms with Gasteiger partial charge in [-0.15, -0.1) is 0 Å². The Labute approximate surface area is 175 Å². The summed E-state index contributed by atoms with van der Waals surface area (Å²) in [6.07, 6.45) is -0.186. The van der Waals surface area contributed by atoms with E-state index in [4.69, 9.17) is 18.6 Å². The Balaban J connectivity index is 2.54. The molecule has 1 heterocycles. The van der Waals surface area contributed by atoms with Gasteiger partial charge in [0.25, 0.3) is 0 Å². The van der Waals surface area contributed by atoms with E-state index >= 15 is 0 Å². The maximum atomic E-state index is 12.2. The molecule has 0 amide bonds. The van der Waals surface area contributed by atoms with E-state index in [1.807, 2.05) is 13.8 Å². The Morgan fingerprint density at radius 3 is 2.53 bits per heavy atom. The van der Waals surface area contributed by atoms with Crippen LogP contribution in [0.2, 0.25) is 0 Å². The molecule has 2 N–H and O–H groups in total. The summed E-state index contributed by atoms with van der Waals surface area (Å²) in [5, 5.41) is 19.7. The minimum atomic E-state index is -0.837. The van der Waals surface area contributed by atoms with Gasteiger partial charge in [-0.1, -0.05) is 19.9 Å². The molecular weight excluding hydrogens is 392 g/mol. The van der Waals surface area contributed by atoms with E-state index in [9.17, 15) is 19.8 Å². The summed E-state index contributed by atoms with van der Waals surface area (Å²) < 4.78 is 21.8. The second-order valence-corrected chi connectivity index (χ2v) is 7.12. The third kappa shape index (κ3) is 5.76. The minimum Gasteiger partial charge on any atom is -0.502 e. The third-order valence-electron chi connectivity index (χ3n) is 4.31. The number of carbonyl (C=O) groups excluding carboxylic acids is 1. The average molecular weight is 420 g/mol. The van der Waals surface area contributed by atoms with Crippen LogP contribution < -0.4 is 14.9 Å². The molecule has 8 heteroatoms. The number of rotatable bonds is 10. The summed E-state index contributed by atoms with van der Waals surface area (Å²) in [5.74, 6) is -0.863. The molecule has 0 aliphatic heterocycles. The third-order valence-corrected chi connectivity index (χ3v) is 4.31. The standard InChI is InChI=1S/C22H28O8/c1-5-28-20(25)10-16(22-21(26)17(24)9-15(11-23)30-22)14-6-7-18(19(8-14)27-4)29-12-13(2)3/h6-9,13,16,23,26H,5,10-12H2,1-4H3/t16-/m0/s1. The zero-order valence-corrected chi connectivity index (χ0v) is 17.6. The highest BCUT2D eigenvalue weighted by molar-refractivity contribution is 5.71. The predicted molar refractivity (Wildman–Crippen MR) is 109 cm³/mol. The van der Waals surface area contributed by atoms with Crippen LogP contribution in [0.1, 0.15) is 50.2 Å². The number of benzene rings is 1. The molecule has 30 heavy (non-hydrogen) atoms. The Morgan fingerprint density at radius 2 is 1.93 bits per heavy atom. The Morgan fingerprint density at radius 1 is 1.20 bits per heavy atom. The fourth-order valence-electron chi connectivity index (χ4n) is 2.89. The van der Waals surface area contributed by atoms with Crippen LogP contribution in [0.4, 0.5) is 0 Å². The number of aliphatic hydroxyl groups is 1. The Bertz CT molecular complexity index is 916. The molecule has 0 aliphatic carbocycles. The van der Waals surface area contributed by atoms with Gasteiger partial charge in [0.2, 0.25) is 11.2 Å². The number of ether oxygens (including phenoxy) is 3. The summed E-state index contributed by atoms with van der Waals surface area (Å²) in [4.78, 5) is 24.3. The second-order valence-electron chi connectivity index (χ2n) is 7.12. The smallest absolute Gasteiger partial charge is 0.306 e. The van der Waals surface area contributed by atoms with Crippen LogP contribution in [0, 0.1) is 5.92 Å².